The number of imidazole rings is 1. The number of hydrogen-bond acceptors (Lipinski definition) is 4. The van der Waals surface area contributed by atoms with E-state index >= 15 is 0 Å². The predicted octanol–water partition coefficient (Wildman–Crippen LogP) is 2.38. The first-order chi connectivity index (χ1) is 9.28. The molecule has 2 N–H and O–H groups in total. The number of hydrogen-bond donors (Lipinski definition) is 2. The highest BCUT2D eigenvalue weighted by atomic mass is 35.5. The van der Waals surface area contributed by atoms with Gasteiger partial charge in [0.2, 0.25) is 0 Å². The van der Waals surface area contributed by atoms with Crippen molar-refractivity contribution in [1.82, 2.24) is 20.2 Å². The summed E-state index contributed by atoms with van der Waals surface area (Å²) in [4.78, 5) is 10.6. The zero-order valence-corrected chi connectivity index (χ0v) is 13.9. The molecule has 0 radical (unpaired) electrons. The second kappa shape index (κ2) is 7.84. The maximum atomic E-state index is 5.24. The summed E-state index contributed by atoms with van der Waals surface area (Å²) in [6.07, 6.45) is 0. The third kappa shape index (κ3) is 3.80. The van der Waals surface area contributed by atoms with Gasteiger partial charge in [-0.25, -0.2) is 4.98 Å². The van der Waals surface area contributed by atoms with Crippen LogP contribution < -0.4 is 10.1 Å². The molecule has 7 heteroatoms. The van der Waals surface area contributed by atoms with Gasteiger partial charge in [-0.3, -0.25) is 4.90 Å². The van der Waals surface area contributed by atoms with E-state index in [-0.39, 0.29) is 24.8 Å². The van der Waals surface area contributed by atoms with Crippen LogP contribution in [0.15, 0.2) is 18.2 Å². The smallest absolute Gasteiger partial charge is 0.124 e. The third-order valence-electron chi connectivity index (χ3n) is 3.80. The van der Waals surface area contributed by atoms with E-state index in [1.165, 1.54) is 0 Å². The van der Waals surface area contributed by atoms with Gasteiger partial charge >= 0.3 is 0 Å². The Morgan fingerprint density at radius 3 is 2.62 bits per heavy atom. The van der Waals surface area contributed by atoms with Crippen molar-refractivity contribution in [3.8, 4) is 5.75 Å². The number of nitrogens with zero attached hydrogens (tertiary/aromatic N) is 2. The Hall–Kier alpha value is -1.01. The minimum Gasteiger partial charge on any atom is -0.497 e. The summed E-state index contributed by atoms with van der Waals surface area (Å²) in [5, 5.41) is 3.37. The number of ether oxygens (including phenoxy) is 1. The van der Waals surface area contributed by atoms with Gasteiger partial charge in [-0.2, -0.15) is 0 Å². The van der Waals surface area contributed by atoms with Crippen molar-refractivity contribution >= 4 is 35.8 Å². The minimum atomic E-state index is 0. The first kappa shape index (κ1) is 18.0. The lowest BCUT2D eigenvalue weighted by atomic mass is 10.2. The molecule has 3 rings (SSSR count). The molecule has 118 valence electrons. The van der Waals surface area contributed by atoms with Crippen LogP contribution in [0.3, 0.4) is 0 Å². The molecule has 1 fully saturated rings. The molecule has 0 saturated carbocycles. The monoisotopic (exact) mass is 332 g/mol. The highest BCUT2D eigenvalue weighted by molar-refractivity contribution is 5.85. The third-order valence-corrected chi connectivity index (χ3v) is 3.80. The van der Waals surface area contributed by atoms with Gasteiger partial charge in [0.25, 0.3) is 0 Å². The molecule has 0 aliphatic carbocycles. The number of aromatic amines is 1. The van der Waals surface area contributed by atoms with E-state index in [1.807, 2.05) is 18.2 Å². The second-order valence-electron chi connectivity index (χ2n) is 4.97. The summed E-state index contributed by atoms with van der Waals surface area (Å²) in [6.45, 7) is 6.46. The Kier molecular flexibility index (Phi) is 6.74. The van der Waals surface area contributed by atoms with Crippen molar-refractivity contribution in [2.24, 2.45) is 0 Å². The molecule has 1 aliphatic heterocycles. The first-order valence-electron chi connectivity index (χ1n) is 6.76. The molecule has 0 amide bonds. The van der Waals surface area contributed by atoms with Gasteiger partial charge < -0.3 is 15.0 Å². The van der Waals surface area contributed by atoms with Crippen molar-refractivity contribution in [3.63, 3.8) is 0 Å². The molecule has 1 aromatic carbocycles. The highest BCUT2D eigenvalue weighted by Gasteiger charge is 2.20. The summed E-state index contributed by atoms with van der Waals surface area (Å²) in [7, 11) is 1.68. The lowest BCUT2D eigenvalue weighted by Gasteiger charge is -2.31. The van der Waals surface area contributed by atoms with Crippen LogP contribution in [0, 0.1) is 0 Å². The average molecular weight is 333 g/mol. The first-order valence-corrected chi connectivity index (χ1v) is 6.76. The van der Waals surface area contributed by atoms with Gasteiger partial charge in [0.05, 0.1) is 24.2 Å². The van der Waals surface area contributed by atoms with Crippen LogP contribution in [-0.4, -0.2) is 48.2 Å². The van der Waals surface area contributed by atoms with Crippen molar-refractivity contribution in [2.75, 3.05) is 33.3 Å². The largest absolute Gasteiger partial charge is 0.497 e. The summed E-state index contributed by atoms with van der Waals surface area (Å²) < 4.78 is 5.24. The molecule has 1 unspecified atom stereocenters. The number of nitrogens with one attached hydrogen (secondary N) is 2. The predicted molar refractivity (Wildman–Crippen MR) is 90.0 cm³/mol. The van der Waals surface area contributed by atoms with Gasteiger partial charge in [-0.15, -0.1) is 24.8 Å². The normalized spacial score (nSPS) is 16.9. The minimum absolute atomic E-state index is 0. The van der Waals surface area contributed by atoms with E-state index in [4.69, 9.17) is 9.72 Å². The molecule has 1 aliphatic rings. The lowest BCUT2D eigenvalue weighted by Crippen LogP contribution is -2.44. The molecule has 5 nitrogen and oxygen atoms in total. The average Bonchev–Trinajstić information content (AvgIpc) is 2.90. The Morgan fingerprint density at radius 2 is 1.95 bits per heavy atom. The fraction of sp³-hybridized carbons (Fsp3) is 0.500. The van der Waals surface area contributed by atoms with Gasteiger partial charge in [-0.05, 0) is 19.1 Å². The number of piperazine rings is 1. The molecule has 2 aromatic rings. The Labute approximate surface area is 137 Å². The molecule has 1 aromatic heterocycles. The molecule has 21 heavy (non-hydrogen) atoms. The fourth-order valence-corrected chi connectivity index (χ4v) is 2.58. The van der Waals surface area contributed by atoms with Gasteiger partial charge in [0, 0.05) is 32.2 Å². The number of aromatic nitrogens is 2. The summed E-state index contributed by atoms with van der Waals surface area (Å²) in [6, 6.07) is 6.26. The molecule has 1 saturated heterocycles. The molecule has 0 bridgehead atoms. The number of H-pyrrole nitrogens is 1. The Morgan fingerprint density at radius 1 is 1.24 bits per heavy atom. The van der Waals surface area contributed by atoms with Crippen molar-refractivity contribution in [2.45, 2.75) is 13.0 Å². The van der Waals surface area contributed by atoms with Gasteiger partial charge in [0.1, 0.15) is 11.6 Å². The Balaban J connectivity index is 0.00000110. The highest BCUT2D eigenvalue weighted by Crippen LogP contribution is 2.23. The SMILES string of the molecule is COc1ccc2nc(C(C)N3CCNCC3)[nH]c2c1.Cl.Cl. The number of benzene rings is 1. The van der Waals surface area contributed by atoms with Crippen LogP contribution in [0.5, 0.6) is 5.75 Å². The van der Waals surface area contributed by atoms with E-state index < -0.39 is 0 Å². The van der Waals surface area contributed by atoms with Crippen molar-refractivity contribution in [3.05, 3.63) is 24.0 Å². The fourth-order valence-electron chi connectivity index (χ4n) is 2.58. The van der Waals surface area contributed by atoms with Crippen LogP contribution in [0.2, 0.25) is 0 Å². The number of methoxy groups -OCH3 is 1. The maximum absolute atomic E-state index is 5.24. The summed E-state index contributed by atoms with van der Waals surface area (Å²) in [5.74, 6) is 1.89. The molecule has 0 spiro atoms. The summed E-state index contributed by atoms with van der Waals surface area (Å²) in [5.41, 5.74) is 2.04. The topological polar surface area (TPSA) is 53.2 Å². The molecular formula is C14H22Cl2N4O. The van der Waals surface area contributed by atoms with Gasteiger partial charge in [-0.1, -0.05) is 0 Å². The quantitative estimate of drug-likeness (QED) is 0.906. The van der Waals surface area contributed by atoms with Crippen molar-refractivity contribution < 1.29 is 4.74 Å². The van der Waals surface area contributed by atoms with Crippen molar-refractivity contribution in [1.29, 1.82) is 0 Å². The van der Waals surface area contributed by atoms with E-state index in [9.17, 15) is 0 Å². The second-order valence-corrected chi connectivity index (χ2v) is 4.97. The van der Waals surface area contributed by atoms with Gasteiger partial charge in [0.15, 0.2) is 0 Å². The van der Waals surface area contributed by atoms with Crippen LogP contribution >= 0.6 is 24.8 Å². The number of fused-ring (bicyclic) bond motifs is 1. The van der Waals surface area contributed by atoms with E-state index in [0.717, 1.165) is 48.8 Å². The van der Waals surface area contributed by atoms with Crippen LogP contribution in [0.1, 0.15) is 18.8 Å². The lowest BCUT2D eigenvalue weighted by molar-refractivity contribution is 0.180. The molecule has 2 heterocycles. The zero-order valence-electron chi connectivity index (χ0n) is 12.3. The maximum Gasteiger partial charge on any atom is 0.124 e. The summed E-state index contributed by atoms with van der Waals surface area (Å²) >= 11 is 0. The molecule has 1 atom stereocenters. The Bertz CT molecular complexity index is 569. The standard InChI is InChI=1S/C14H20N4O.2ClH/c1-10(18-7-5-15-6-8-18)14-16-12-4-3-11(19-2)9-13(12)17-14;;/h3-4,9-10,15H,5-8H2,1-2H3,(H,16,17);2*1H. The zero-order chi connectivity index (χ0) is 13.2. The molecular weight excluding hydrogens is 311 g/mol. The van der Waals surface area contributed by atoms with Crippen LogP contribution in [-0.2, 0) is 0 Å². The van der Waals surface area contributed by atoms with E-state index in [0.29, 0.717) is 6.04 Å². The van der Waals surface area contributed by atoms with Crippen LogP contribution in [0.4, 0.5) is 0 Å². The number of rotatable bonds is 3. The van der Waals surface area contributed by atoms with E-state index in [1.54, 1.807) is 7.11 Å². The number of halogens is 2. The van der Waals surface area contributed by atoms with E-state index in [2.05, 4.69) is 22.1 Å². The van der Waals surface area contributed by atoms with Crippen LogP contribution in [0.25, 0.3) is 11.0 Å².